The van der Waals surface area contributed by atoms with Crippen LogP contribution in [0.3, 0.4) is 0 Å². The highest BCUT2D eigenvalue weighted by molar-refractivity contribution is 6.04. The molecule has 7 nitrogen and oxygen atoms in total. The molecule has 3 rings (SSSR count). The van der Waals surface area contributed by atoms with E-state index in [1.165, 1.54) is 24.3 Å². The Bertz CT molecular complexity index is 1060. The molecule has 3 aromatic carbocycles. The summed E-state index contributed by atoms with van der Waals surface area (Å²) in [7, 11) is 0. The monoisotopic (exact) mass is 374 g/mol. The van der Waals surface area contributed by atoms with Gasteiger partial charge in [0.15, 0.2) is 0 Å². The van der Waals surface area contributed by atoms with Gasteiger partial charge in [-0.2, -0.15) is 10.2 Å². The van der Waals surface area contributed by atoms with Gasteiger partial charge in [0.2, 0.25) is 0 Å². The molecule has 0 aliphatic rings. The fourth-order valence-electron chi connectivity index (χ4n) is 2.57. The van der Waals surface area contributed by atoms with Crippen molar-refractivity contribution in [1.82, 2.24) is 0 Å². The van der Waals surface area contributed by atoms with E-state index in [1.807, 2.05) is 38.1 Å². The molecule has 1 N–H and O–H groups in total. The van der Waals surface area contributed by atoms with Crippen LogP contribution in [0.5, 0.6) is 0 Å². The largest absolute Gasteiger partial charge is 0.322 e. The highest BCUT2D eigenvalue weighted by atomic mass is 16.6. The number of anilines is 1. The van der Waals surface area contributed by atoms with Crippen LogP contribution < -0.4 is 5.32 Å². The number of azo groups is 1. The van der Waals surface area contributed by atoms with Crippen LogP contribution in [-0.2, 0) is 0 Å². The Morgan fingerprint density at radius 2 is 1.54 bits per heavy atom. The first-order chi connectivity index (χ1) is 13.4. The van der Waals surface area contributed by atoms with Gasteiger partial charge in [0.25, 0.3) is 11.6 Å². The Labute approximate surface area is 161 Å². The maximum absolute atomic E-state index is 12.3. The second-order valence-electron chi connectivity index (χ2n) is 6.25. The van der Waals surface area contributed by atoms with E-state index in [1.54, 1.807) is 18.2 Å². The maximum atomic E-state index is 12.3. The molecule has 7 heteroatoms. The van der Waals surface area contributed by atoms with Crippen LogP contribution in [0.1, 0.15) is 21.5 Å². The first-order valence-electron chi connectivity index (χ1n) is 8.58. The smallest absolute Gasteiger partial charge is 0.269 e. The first-order valence-corrected chi connectivity index (χ1v) is 8.58. The Kier molecular flexibility index (Phi) is 5.55. The number of aryl methyl sites for hydroxylation is 2. The molecular weight excluding hydrogens is 356 g/mol. The van der Waals surface area contributed by atoms with E-state index < -0.39 is 4.92 Å². The summed E-state index contributed by atoms with van der Waals surface area (Å²) in [5, 5.41) is 22.0. The van der Waals surface area contributed by atoms with Crippen molar-refractivity contribution in [1.29, 1.82) is 0 Å². The molecule has 0 heterocycles. The lowest BCUT2D eigenvalue weighted by molar-refractivity contribution is -0.384. The molecule has 0 fully saturated rings. The van der Waals surface area contributed by atoms with Crippen molar-refractivity contribution >= 4 is 28.7 Å². The number of benzene rings is 3. The summed E-state index contributed by atoms with van der Waals surface area (Å²) in [6.07, 6.45) is 0. The second kappa shape index (κ2) is 8.22. The summed E-state index contributed by atoms with van der Waals surface area (Å²) in [5.74, 6) is -0.344. The number of rotatable bonds is 5. The van der Waals surface area contributed by atoms with Crippen molar-refractivity contribution in [3.8, 4) is 0 Å². The van der Waals surface area contributed by atoms with Crippen molar-refractivity contribution in [2.45, 2.75) is 13.8 Å². The van der Waals surface area contributed by atoms with Gasteiger partial charge in [-0.3, -0.25) is 14.9 Å². The number of hydrogen-bond acceptors (Lipinski definition) is 5. The summed E-state index contributed by atoms with van der Waals surface area (Å²) >= 11 is 0. The van der Waals surface area contributed by atoms with Gasteiger partial charge in [-0.25, -0.2) is 0 Å². The first kappa shape index (κ1) is 18.9. The van der Waals surface area contributed by atoms with Crippen LogP contribution >= 0.6 is 0 Å². The Morgan fingerprint density at radius 3 is 2.14 bits per heavy atom. The lowest BCUT2D eigenvalue weighted by Crippen LogP contribution is -2.11. The summed E-state index contributed by atoms with van der Waals surface area (Å²) in [6.45, 7) is 3.85. The number of carbonyl (C=O) groups is 1. The molecule has 3 aromatic rings. The van der Waals surface area contributed by atoms with Gasteiger partial charge in [-0.1, -0.05) is 18.2 Å². The van der Waals surface area contributed by atoms with Crippen LogP contribution in [-0.4, -0.2) is 10.8 Å². The van der Waals surface area contributed by atoms with Gasteiger partial charge < -0.3 is 5.32 Å². The number of non-ortho nitro benzene ring substituents is 1. The van der Waals surface area contributed by atoms with Gasteiger partial charge in [0.05, 0.1) is 16.3 Å². The Morgan fingerprint density at radius 1 is 0.893 bits per heavy atom. The number of nitro benzene ring substituents is 1. The molecule has 0 spiro atoms. The lowest BCUT2D eigenvalue weighted by atomic mass is 10.1. The average molecular weight is 374 g/mol. The number of nitrogens with one attached hydrogen (secondary N) is 1. The summed E-state index contributed by atoms with van der Waals surface area (Å²) in [4.78, 5) is 22.5. The normalized spacial score (nSPS) is 10.8. The SMILES string of the molecule is Cc1ccccc1N=Nc1ccc(NC(=O)c2ccc([N+](=O)[O-])cc2)cc1C. The van der Waals surface area contributed by atoms with Crippen LogP contribution in [0, 0.1) is 24.0 Å². The van der Waals surface area contributed by atoms with Gasteiger partial charge in [-0.15, -0.1) is 0 Å². The van der Waals surface area contributed by atoms with Crippen molar-refractivity contribution in [3.63, 3.8) is 0 Å². The third-order valence-corrected chi connectivity index (χ3v) is 4.18. The van der Waals surface area contributed by atoms with E-state index in [2.05, 4.69) is 15.5 Å². The van der Waals surface area contributed by atoms with Crippen LogP contribution in [0.4, 0.5) is 22.7 Å². The highest BCUT2D eigenvalue weighted by Gasteiger charge is 2.10. The van der Waals surface area contributed by atoms with Crippen LogP contribution in [0.15, 0.2) is 77.0 Å². The van der Waals surface area contributed by atoms with E-state index in [0.717, 1.165) is 16.8 Å². The molecule has 0 unspecified atom stereocenters. The minimum atomic E-state index is -0.505. The Hall–Kier alpha value is -3.87. The minimum absolute atomic E-state index is 0.0595. The van der Waals surface area contributed by atoms with Crippen molar-refractivity contribution in [3.05, 3.63) is 93.5 Å². The molecule has 1 amide bonds. The molecule has 0 saturated heterocycles. The predicted molar refractivity (Wildman–Crippen MR) is 108 cm³/mol. The zero-order chi connectivity index (χ0) is 20.1. The molecule has 28 heavy (non-hydrogen) atoms. The van der Waals surface area contributed by atoms with E-state index >= 15 is 0 Å². The van der Waals surface area contributed by atoms with Gasteiger partial charge in [0, 0.05) is 23.4 Å². The molecular formula is C21H18N4O3. The van der Waals surface area contributed by atoms with Crippen molar-refractivity contribution in [2.24, 2.45) is 10.2 Å². The molecule has 140 valence electrons. The molecule has 0 aliphatic carbocycles. The number of hydrogen-bond donors (Lipinski definition) is 1. The lowest BCUT2D eigenvalue weighted by Gasteiger charge is -2.07. The minimum Gasteiger partial charge on any atom is -0.322 e. The van der Waals surface area contributed by atoms with E-state index in [4.69, 9.17) is 0 Å². The van der Waals surface area contributed by atoms with Crippen molar-refractivity contribution < 1.29 is 9.72 Å². The topological polar surface area (TPSA) is 97.0 Å². The molecule has 0 bridgehead atoms. The quantitative estimate of drug-likeness (QED) is 0.343. The number of nitrogens with zero attached hydrogens (tertiary/aromatic N) is 3. The summed E-state index contributed by atoms with van der Waals surface area (Å²) < 4.78 is 0. The van der Waals surface area contributed by atoms with E-state index in [-0.39, 0.29) is 11.6 Å². The Balaban J connectivity index is 1.72. The summed E-state index contributed by atoms with van der Waals surface area (Å²) in [5.41, 5.74) is 4.29. The average Bonchev–Trinajstić information content (AvgIpc) is 2.68. The molecule has 0 saturated carbocycles. The van der Waals surface area contributed by atoms with Crippen LogP contribution in [0.25, 0.3) is 0 Å². The number of amides is 1. The van der Waals surface area contributed by atoms with E-state index in [0.29, 0.717) is 16.9 Å². The fraction of sp³-hybridized carbons (Fsp3) is 0.0952. The summed E-state index contributed by atoms with van der Waals surface area (Å²) in [6, 6.07) is 18.5. The number of carbonyl (C=O) groups excluding carboxylic acids is 1. The second-order valence-corrected chi connectivity index (χ2v) is 6.25. The zero-order valence-corrected chi connectivity index (χ0v) is 15.4. The standard InChI is InChI=1S/C21H18N4O3/c1-14-5-3-4-6-19(14)23-24-20-12-9-17(13-15(20)2)22-21(26)16-7-10-18(11-8-16)25(27)28/h3-13H,1-2H3,(H,22,26). The molecule has 0 aliphatic heterocycles. The molecule has 0 atom stereocenters. The molecule has 0 radical (unpaired) electrons. The number of nitro groups is 1. The van der Waals surface area contributed by atoms with Gasteiger partial charge >= 0.3 is 0 Å². The maximum Gasteiger partial charge on any atom is 0.269 e. The van der Waals surface area contributed by atoms with Crippen molar-refractivity contribution in [2.75, 3.05) is 5.32 Å². The van der Waals surface area contributed by atoms with E-state index in [9.17, 15) is 14.9 Å². The highest BCUT2D eigenvalue weighted by Crippen LogP contribution is 2.26. The predicted octanol–water partition coefficient (Wildman–Crippen LogP) is 5.88. The van der Waals surface area contributed by atoms with Gasteiger partial charge in [-0.05, 0) is 61.4 Å². The zero-order valence-electron chi connectivity index (χ0n) is 15.4. The van der Waals surface area contributed by atoms with Gasteiger partial charge in [0.1, 0.15) is 0 Å². The molecule has 0 aromatic heterocycles. The third-order valence-electron chi connectivity index (χ3n) is 4.18. The third kappa shape index (κ3) is 4.45. The fourth-order valence-corrected chi connectivity index (χ4v) is 2.57. The van der Waals surface area contributed by atoms with Crippen LogP contribution in [0.2, 0.25) is 0 Å².